The minimum Gasteiger partial charge on any atom is -0.507 e. The number of hydrogen-bond acceptors (Lipinski definition) is 4. The Morgan fingerprint density at radius 1 is 1.83 bits per heavy atom. The molecule has 0 aliphatic carbocycles. The Labute approximate surface area is 75.4 Å². The van der Waals surface area contributed by atoms with Crippen molar-refractivity contribution in [1.82, 2.24) is 0 Å². The summed E-state index contributed by atoms with van der Waals surface area (Å²) in [4.78, 5) is 11.4. The highest BCUT2D eigenvalue weighted by molar-refractivity contribution is 7.13. The van der Waals surface area contributed by atoms with Gasteiger partial charge in [-0.1, -0.05) is 0 Å². The summed E-state index contributed by atoms with van der Waals surface area (Å²) >= 11 is 1.20. The molecule has 1 heterocycles. The van der Waals surface area contributed by atoms with Crippen LogP contribution in [0.1, 0.15) is 16.6 Å². The lowest BCUT2D eigenvalue weighted by molar-refractivity contribution is 0.0529. The Morgan fingerprint density at radius 3 is 2.92 bits per heavy atom. The van der Waals surface area contributed by atoms with Crippen LogP contribution in [0.25, 0.3) is 0 Å². The molecule has 0 aromatic carbocycles. The van der Waals surface area contributed by atoms with Gasteiger partial charge in [0, 0.05) is 0 Å². The van der Waals surface area contributed by atoms with Crippen LogP contribution >= 0.6 is 11.3 Å². The second-order valence-corrected chi connectivity index (χ2v) is 3.20. The summed E-state index contributed by atoms with van der Waals surface area (Å²) in [6, 6.07) is 0. The van der Waals surface area contributed by atoms with Gasteiger partial charge in [0.25, 0.3) is 0 Å². The first-order valence-electron chi connectivity index (χ1n) is 3.61. The number of carbonyl (C=O) groups excluding carboxylic acids is 1. The molecule has 0 fully saturated rings. The molecule has 0 unspecified atom stereocenters. The fourth-order valence-corrected chi connectivity index (χ4v) is 1.61. The minimum absolute atomic E-state index is 0.0402. The van der Waals surface area contributed by atoms with Gasteiger partial charge in [0.15, 0.2) is 4.88 Å². The van der Waals surface area contributed by atoms with Crippen LogP contribution in [0.5, 0.6) is 5.75 Å². The summed E-state index contributed by atoms with van der Waals surface area (Å²) in [6.45, 7) is 2.06. The second-order valence-electron chi connectivity index (χ2n) is 2.32. The highest BCUT2D eigenvalue weighted by Gasteiger charge is 2.15. The smallest absolute Gasteiger partial charge is 0.352 e. The van der Waals surface area contributed by atoms with E-state index in [9.17, 15) is 9.90 Å². The molecular weight excluding hydrogens is 175 g/mol. The summed E-state index contributed by atoms with van der Waals surface area (Å²) in [5.41, 5.74) is 0.711. The van der Waals surface area contributed by atoms with Gasteiger partial charge >= 0.3 is 5.97 Å². The zero-order valence-electron chi connectivity index (χ0n) is 6.96. The van der Waals surface area contributed by atoms with Gasteiger partial charge in [0.2, 0.25) is 0 Å². The van der Waals surface area contributed by atoms with Crippen LogP contribution in [0, 0.1) is 0 Å². The maximum atomic E-state index is 11.1. The summed E-state index contributed by atoms with van der Waals surface area (Å²) in [5.74, 6) is -0.411. The standard InChI is InChI=1S/C7H9BO3S/c1-2-11-7(10)6-5(9)4(8)3-12-6/h3,9H,2,8H2,1H3. The molecule has 5 heteroatoms. The molecule has 1 aromatic rings. The Morgan fingerprint density at radius 2 is 2.50 bits per heavy atom. The van der Waals surface area contributed by atoms with E-state index in [2.05, 4.69) is 0 Å². The first-order chi connectivity index (χ1) is 5.66. The molecule has 1 rings (SSSR count). The number of esters is 1. The Hall–Kier alpha value is -0.965. The molecule has 0 aliphatic heterocycles. The van der Waals surface area contributed by atoms with Gasteiger partial charge in [0.05, 0.1) is 6.61 Å². The van der Waals surface area contributed by atoms with Crippen molar-refractivity contribution in [2.24, 2.45) is 0 Å². The Bertz CT molecular complexity index is 295. The zero-order chi connectivity index (χ0) is 9.14. The van der Waals surface area contributed by atoms with Gasteiger partial charge in [-0.25, -0.2) is 4.79 Å². The summed E-state index contributed by atoms with van der Waals surface area (Å²) in [5, 5.41) is 11.1. The van der Waals surface area contributed by atoms with E-state index in [4.69, 9.17) is 4.74 Å². The first kappa shape index (κ1) is 9.13. The third kappa shape index (κ3) is 1.61. The third-order valence-electron chi connectivity index (χ3n) is 1.40. The predicted octanol–water partition coefficient (Wildman–Crippen LogP) is -0.111. The van der Waals surface area contributed by atoms with E-state index in [1.54, 1.807) is 20.2 Å². The van der Waals surface area contributed by atoms with Crippen LogP contribution in [0.15, 0.2) is 5.38 Å². The maximum Gasteiger partial charge on any atom is 0.352 e. The predicted molar refractivity (Wildman–Crippen MR) is 50.1 cm³/mol. The molecule has 0 saturated heterocycles. The van der Waals surface area contributed by atoms with Crippen LogP contribution in [0.4, 0.5) is 0 Å². The molecule has 64 valence electrons. The van der Waals surface area contributed by atoms with Crippen molar-refractivity contribution in [3.05, 3.63) is 10.3 Å². The number of carbonyl (C=O) groups is 1. The topological polar surface area (TPSA) is 46.5 Å². The molecule has 12 heavy (non-hydrogen) atoms. The van der Waals surface area contributed by atoms with Gasteiger partial charge in [-0.2, -0.15) is 0 Å². The lowest BCUT2D eigenvalue weighted by Gasteiger charge is -1.98. The molecule has 0 bridgehead atoms. The summed E-state index contributed by atoms with van der Waals surface area (Å²) in [7, 11) is 1.74. The van der Waals surface area contributed by atoms with E-state index in [-0.39, 0.29) is 10.6 Å². The molecule has 0 amide bonds. The van der Waals surface area contributed by atoms with Gasteiger partial charge in [-0.15, -0.1) is 11.3 Å². The van der Waals surface area contributed by atoms with Crippen molar-refractivity contribution in [3.8, 4) is 5.75 Å². The van der Waals surface area contributed by atoms with Crippen molar-refractivity contribution in [3.63, 3.8) is 0 Å². The fraction of sp³-hybridized carbons (Fsp3) is 0.286. The number of rotatable bonds is 2. The highest BCUT2D eigenvalue weighted by Crippen LogP contribution is 2.20. The van der Waals surface area contributed by atoms with Gasteiger partial charge < -0.3 is 9.84 Å². The van der Waals surface area contributed by atoms with Gasteiger partial charge in [-0.3, -0.25) is 0 Å². The van der Waals surface area contributed by atoms with Crippen molar-refractivity contribution in [2.75, 3.05) is 6.61 Å². The van der Waals surface area contributed by atoms with E-state index in [1.165, 1.54) is 11.3 Å². The summed E-state index contributed by atoms with van der Waals surface area (Å²) in [6.07, 6.45) is 0. The van der Waals surface area contributed by atoms with Crippen LogP contribution in [-0.4, -0.2) is 25.5 Å². The van der Waals surface area contributed by atoms with Crippen molar-refractivity contribution in [1.29, 1.82) is 0 Å². The molecule has 0 saturated carbocycles. The van der Waals surface area contributed by atoms with E-state index >= 15 is 0 Å². The second kappa shape index (κ2) is 3.62. The largest absolute Gasteiger partial charge is 0.507 e. The van der Waals surface area contributed by atoms with E-state index in [0.29, 0.717) is 12.1 Å². The monoisotopic (exact) mass is 184 g/mol. The molecular formula is C7H9BO3S. The molecule has 0 spiro atoms. The van der Waals surface area contributed by atoms with Crippen molar-refractivity contribution in [2.45, 2.75) is 6.92 Å². The van der Waals surface area contributed by atoms with Crippen molar-refractivity contribution < 1.29 is 14.6 Å². The number of aromatic hydroxyl groups is 1. The Kier molecular flexibility index (Phi) is 2.76. The molecule has 0 aliphatic rings. The highest BCUT2D eigenvalue weighted by atomic mass is 32.1. The lowest BCUT2D eigenvalue weighted by atomic mass is 9.99. The Balaban J connectivity index is 2.88. The van der Waals surface area contributed by atoms with E-state index in [1.807, 2.05) is 0 Å². The lowest BCUT2D eigenvalue weighted by Crippen LogP contribution is -2.05. The maximum absolute atomic E-state index is 11.1. The molecule has 1 N–H and O–H groups in total. The molecule has 0 atom stereocenters. The third-order valence-corrected chi connectivity index (χ3v) is 2.47. The van der Waals surface area contributed by atoms with Gasteiger partial charge in [-0.05, 0) is 17.8 Å². The van der Waals surface area contributed by atoms with Crippen LogP contribution in [-0.2, 0) is 4.74 Å². The van der Waals surface area contributed by atoms with Gasteiger partial charge in [0.1, 0.15) is 13.6 Å². The fourth-order valence-electron chi connectivity index (χ4n) is 0.779. The zero-order valence-corrected chi connectivity index (χ0v) is 7.77. The molecule has 3 nitrogen and oxygen atoms in total. The van der Waals surface area contributed by atoms with Crippen molar-refractivity contribution >= 4 is 30.6 Å². The van der Waals surface area contributed by atoms with E-state index in [0.717, 1.165) is 0 Å². The normalized spacial score (nSPS) is 9.75. The SMILES string of the molecule is Bc1csc(C(=O)OCC)c1O. The quantitative estimate of drug-likeness (QED) is 0.515. The average Bonchev–Trinajstić information content (AvgIpc) is 2.34. The number of hydrogen-bond donors (Lipinski definition) is 1. The van der Waals surface area contributed by atoms with Crippen LogP contribution < -0.4 is 5.46 Å². The first-order valence-corrected chi connectivity index (χ1v) is 4.49. The average molecular weight is 184 g/mol. The van der Waals surface area contributed by atoms with E-state index < -0.39 is 5.97 Å². The summed E-state index contributed by atoms with van der Waals surface area (Å²) < 4.78 is 4.73. The van der Waals surface area contributed by atoms with Crippen LogP contribution in [0.3, 0.4) is 0 Å². The van der Waals surface area contributed by atoms with Crippen LogP contribution in [0.2, 0.25) is 0 Å². The number of ether oxygens (including phenoxy) is 1. The molecule has 0 radical (unpaired) electrons. The minimum atomic E-state index is -0.451. The number of thiophene rings is 1. The molecule has 1 aromatic heterocycles.